The SMILES string of the molecule is O=C(O)c1cn(-c2cccc(NC(=O)c3ccn(C4CCCC4)n3)c2)nn1. The summed E-state index contributed by atoms with van der Waals surface area (Å²) in [6.45, 7) is 0. The molecule has 0 radical (unpaired) electrons. The number of aromatic carboxylic acids is 1. The fraction of sp³-hybridized carbons (Fsp3) is 0.278. The number of hydrogen-bond acceptors (Lipinski definition) is 5. The number of carboxylic acid groups (broad SMARTS) is 1. The quantitative estimate of drug-likeness (QED) is 0.717. The Kier molecular flexibility index (Phi) is 4.41. The highest BCUT2D eigenvalue weighted by molar-refractivity contribution is 6.02. The summed E-state index contributed by atoms with van der Waals surface area (Å²) >= 11 is 0. The van der Waals surface area contributed by atoms with Crippen LogP contribution in [-0.2, 0) is 0 Å². The Balaban J connectivity index is 1.49. The summed E-state index contributed by atoms with van der Waals surface area (Å²) in [5.41, 5.74) is 1.35. The standard InChI is InChI=1S/C18H18N6O3/c25-17(15-8-9-23(21-15)13-5-1-2-6-13)19-12-4-3-7-14(10-12)24-11-16(18(26)27)20-22-24/h3-4,7-11,13H,1-2,5-6H2,(H,19,25)(H,26,27). The molecular weight excluding hydrogens is 348 g/mol. The molecule has 27 heavy (non-hydrogen) atoms. The Morgan fingerprint density at radius 2 is 1.96 bits per heavy atom. The van der Waals surface area contributed by atoms with Gasteiger partial charge in [-0.1, -0.05) is 24.1 Å². The fourth-order valence-electron chi connectivity index (χ4n) is 3.24. The molecule has 1 aliphatic carbocycles. The maximum atomic E-state index is 12.5. The first-order chi connectivity index (χ1) is 13.1. The largest absolute Gasteiger partial charge is 0.476 e. The van der Waals surface area contributed by atoms with Gasteiger partial charge in [0.15, 0.2) is 11.4 Å². The molecule has 3 aromatic rings. The van der Waals surface area contributed by atoms with Crippen molar-refractivity contribution in [2.24, 2.45) is 0 Å². The minimum Gasteiger partial charge on any atom is -0.476 e. The fourth-order valence-corrected chi connectivity index (χ4v) is 3.24. The second-order valence-electron chi connectivity index (χ2n) is 6.48. The lowest BCUT2D eigenvalue weighted by atomic mass is 10.2. The number of aromatic nitrogens is 5. The van der Waals surface area contributed by atoms with E-state index in [4.69, 9.17) is 5.11 Å². The first kappa shape index (κ1) is 17.0. The van der Waals surface area contributed by atoms with E-state index >= 15 is 0 Å². The van der Waals surface area contributed by atoms with Crippen LogP contribution in [0.4, 0.5) is 5.69 Å². The first-order valence-electron chi connectivity index (χ1n) is 8.73. The lowest BCUT2D eigenvalue weighted by molar-refractivity contribution is 0.0690. The average Bonchev–Trinajstić information content (AvgIpc) is 3.42. The van der Waals surface area contributed by atoms with E-state index < -0.39 is 5.97 Å². The topological polar surface area (TPSA) is 115 Å². The molecule has 9 heteroatoms. The minimum atomic E-state index is -1.15. The molecule has 9 nitrogen and oxygen atoms in total. The van der Waals surface area contributed by atoms with Gasteiger partial charge in [0.1, 0.15) is 0 Å². The number of carboxylic acids is 1. The molecule has 0 spiro atoms. The highest BCUT2D eigenvalue weighted by atomic mass is 16.4. The Hall–Kier alpha value is -3.49. The van der Waals surface area contributed by atoms with Crippen molar-refractivity contribution in [3.05, 3.63) is 54.1 Å². The van der Waals surface area contributed by atoms with E-state index in [-0.39, 0.29) is 11.6 Å². The molecule has 0 saturated heterocycles. The molecule has 1 aromatic carbocycles. The molecule has 0 bridgehead atoms. The molecule has 2 heterocycles. The molecule has 0 unspecified atom stereocenters. The summed E-state index contributed by atoms with van der Waals surface area (Å²) in [6, 6.07) is 9.00. The number of nitrogens with zero attached hydrogens (tertiary/aromatic N) is 5. The van der Waals surface area contributed by atoms with Crippen LogP contribution in [0.25, 0.3) is 5.69 Å². The Labute approximate surface area is 154 Å². The van der Waals surface area contributed by atoms with E-state index in [1.165, 1.54) is 23.7 Å². The van der Waals surface area contributed by atoms with Gasteiger partial charge in [-0.15, -0.1) is 5.10 Å². The molecule has 2 N–H and O–H groups in total. The van der Waals surface area contributed by atoms with Crippen molar-refractivity contribution in [2.75, 3.05) is 5.32 Å². The van der Waals surface area contributed by atoms with E-state index in [0.29, 0.717) is 23.1 Å². The van der Waals surface area contributed by atoms with Crippen molar-refractivity contribution in [1.82, 2.24) is 24.8 Å². The summed E-state index contributed by atoms with van der Waals surface area (Å²) in [5.74, 6) is -1.45. The zero-order valence-corrected chi connectivity index (χ0v) is 14.4. The Morgan fingerprint density at radius 3 is 2.70 bits per heavy atom. The van der Waals surface area contributed by atoms with Gasteiger partial charge in [0.2, 0.25) is 0 Å². The number of carbonyl (C=O) groups excluding carboxylic acids is 1. The molecule has 0 atom stereocenters. The predicted molar refractivity (Wildman–Crippen MR) is 96.0 cm³/mol. The first-order valence-corrected chi connectivity index (χ1v) is 8.73. The summed E-state index contributed by atoms with van der Waals surface area (Å²) in [5, 5.41) is 23.5. The Morgan fingerprint density at radius 1 is 1.15 bits per heavy atom. The van der Waals surface area contributed by atoms with E-state index in [1.54, 1.807) is 30.3 Å². The summed E-state index contributed by atoms with van der Waals surface area (Å²) in [7, 11) is 0. The van der Waals surface area contributed by atoms with Gasteiger partial charge in [0.25, 0.3) is 5.91 Å². The van der Waals surface area contributed by atoms with Crippen molar-refractivity contribution >= 4 is 17.6 Å². The van der Waals surface area contributed by atoms with E-state index in [9.17, 15) is 9.59 Å². The van der Waals surface area contributed by atoms with E-state index in [2.05, 4.69) is 20.7 Å². The van der Waals surface area contributed by atoms with E-state index in [0.717, 1.165) is 12.8 Å². The van der Waals surface area contributed by atoms with Crippen molar-refractivity contribution in [1.29, 1.82) is 0 Å². The molecule has 1 aliphatic rings. The summed E-state index contributed by atoms with van der Waals surface area (Å²) in [6.07, 6.45) is 7.76. The van der Waals surface area contributed by atoms with Gasteiger partial charge >= 0.3 is 5.97 Å². The highest BCUT2D eigenvalue weighted by Gasteiger charge is 2.19. The number of benzene rings is 1. The van der Waals surface area contributed by atoms with Gasteiger partial charge in [-0.05, 0) is 37.1 Å². The zero-order valence-electron chi connectivity index (χ0n) is 14.4. The third-order valence-corrected chi connectivity index (χ3v) is 4.62. The van der Waals surface area contributed by atoms with Crippen molar-refractivity contribution in [3.63, 3.8) is 0 Å². The van der Waals surface area contributed by atoms with Gasteiger partial charge < -0.3 is 10.4 Å². The lowest BCUT2D eigenvalue weighted by Crippen LogP contribution is -2.14. The molecule has 0 aliphatic heterocycles. The van der Waals surface area contributed by atoms with Crippen LogP contribution in [0.2, 0.25) is 0 Å². The van der Waals surface area contributed by atoms with Gasteiger partial charge in [-0.2, -0.15) is 5.10 Å². The van der Waals surface area contributed by atoms with Crippen LogP contribution in [0.5, 0.6) is 0 Å². The Bertz CT molecular complexity index is 986. The molecule has 138 valence electrons. The number of carbonyl (C=O) groups is 2. The molecule has 2 aromatic heterocycles. The smallest absolute Gasteiger partial charge is 0.358 e. The summed E-state index contributed by atoms with van der Waals surface area (Å²) < 4.78 is 3.22. The van der Waals surface area contributed by atoms with Crippen LogP contribution in [0, 0.1) is 0 Å². The third-order valence-electron chi connectivity index (χ3n) is 4.62. The lowest BCUT2D eigenvalue weighted by Gasteiger charge is -2.09. The van der Waals surface area contributed by atoms with E-state index in [1.807, 2.05) is 10.9 Å². The van der Waals surface area contributed by atoms with Gasteiger partial charge in [0.05, 0.1) is 17.9 Å². The summed E-state index contributed by atoms with van der Waals surface area (Å²) in [4.78, 5) is 23.4. The van der Waals surface area contributed by atoms with Crippen LogP contribution >= 0.6 is 0 Å². The van der Waals surface area contributed by atoms with Gasteiger partial charge in [-0.25, -0.2) is 9.48 Å². The highest BCUT2D eigenvalue weighted by Crippen LogP contribution is 2.28. The minimum absolute atomic E-state index is 0.151. The number of hydrogen-bond donors (Lipinski definition) is 2. The van der Waals surface area contributed by atoms with Crippen molar-refractivity contribution < 1.29 is 14.7 Å². The van der Waals surface area contributed by atoms with Crippen LogP contribution in [0.1, 0.15) is 52.7 Å². The van der Waals surface area contributed by atoms with Gasteiger partial charge in [-0.3, -0.25) is 9.48 Å². The molecular formula is C18H18N6O3. The molecule has 4 rings (SSSR count). The van der Waals surface area contributed by atoms with Crippen molar-refractivity contribution in [2.45, 2.75) is 31.7 Å². The molecule has 1 saturated carbocycles. The van der Waals surface area contributed by atoms with Crippen LogP contribution in [0.15, 0.2) is 42.7 Å². The zero-order chi connectivity index (χ0) is 18.8. The second kappa shape index (κ2) is 7.02. The van der Waals surface area contributed by atoms with Crippen LogP contribution in [0.3, 0.4) is 0 Å². The van der Waals surface area contributed by atoms with Crippen LogP contribution in [-0.4, -0.2) is 41.8 Å². The molecule has 1 fully saturated rings. The number of nitrogens with one attached hydrogen (secondary N) is 1. The molecule has 1 amide bonds. The number of anilines is 1. The average molecular weight is 366 g/mol. The second-order valence-corrected chi connectivity index (χ2v) is 6.48. The third kappa shape index (κ3) is 3.57. The maximum Gasteiger partial charge on any atom is 0.358 e. The van der Waals surface area contributed by atoms with Crippen molar-refractivity contribution in [3.8, 4) is 5.69 Å². The van der Waals surface area contributed by atoms with Gasteiger partial charge in [0, 0.05) is 11.9 Å². The monoisotopic (exact) mass is 366 g/mol. The predicted octanol–water partition coefficient (Wildman–Crippen LogP) is 2.53. The number of amides is 1. The normalized spacial score (nSPS) is 14.4. The maximum absolute atomic E-state index is 12.5. The van der Waals surface area contributed by atoms with Crippen LogP contribution < -0.4 is 5.32 Å². The number of rotatable bonds is 5.